The van der Waals surface area contributed by atoms with Crippen molar-refractivity contribution in [3.63, 3.8) is 0 Å². The van der Waals surface area contributed by atoms with Crippen molar-refractivity contribution in [2.24, 2.45) is 4.99 Å². The van der Waals surface area contributed by atoms with E-state index in [9.17, 15) is 9.90 Å². The predicted molar refractivity (Wildman–Crippen MR) is 105 cm³/mol. The van der Waals surface area contributed by atoms with Crippen LogP contribution in [0, 0.1) is 0 Å². The Morgan fingerprint density at radius 1 is 1.20 bits per heavy atom. The Labute approximate surface area is 159 Å². The van der Waals surface area contributed by atoms with Crippen LogP contribution in [0.25, 0.3) is 6.08 Å². The first-order chi connectivity index (χ1) is 12.0. The molecule has 3 rings (SSSR count). The molecule has 7 heteroatoms. The molecule has 2 N–H and O–H groups in total. The summed E-state index contributed by atoms with van der Waals surface area (Å²) in [5, 5.41) is 13.1. The maximum atomic E-state index is 12.1. The lowest BCUT2D eigenvalue weighted by Gasteiger charge is -2.02. The number of nitrogens with zero attached hydrogens (tertiary/aromatic N) is 1. The van der Waals surface area contributed by atoms with E-state index in [0.29, 0.717) is 15.6 Å². The van der Waals surface area contributed by atoms with Crippen LogP contribution in [0.5, 0.6) is 5.75 Å². The molecule has 128 valence electrons. The largest absolute Gasteiger partial charge is 0.505 e. The number of carbonyl (C=O) groups excluding carboxylic acids is 1. The third-order valence-corrected chi connectivity index (χ3v) is 5.05. The van der Waals surface area contributed by atoms with Gasteiger partial charge in [0.15, 0.2) is 10.9 Å². The van der Waals surface area contributed by atoms with Crippen LogP contribution in [0.3, 0.4) is 0 Å². The van der Waals surface area contributed by atoms with Gasteiger partial charge in [-0.1, -0.05) is 42.3 Å². The van der Waals surface area contributed by atoms with E-state index >= 15 is 0 Å². The number of phenols is 1. The summed E-state index contributed by atoms with van der Waals surface area (Å²) >= 11 is 13.0. The van der Waals surface area contributed by atoms with Crippen LogP contribution in [-0.4, -0.2) is 16.2 Å². The Hall–Kier alpha value is -1.95. The van der Waals surface area contributed by atoms with Crippen LogP contribution in [0.4, 0.5) is 5.69 Å². The Kier molecular flexibility index (Phi) is 5.37. The van der Waals surface area contributed by atoms with Gasteiger partial charge in [0.05, 0.1) is 20.6 Å². The molecule has 1 fully saturated rings. The van der Waals surface area contributed by atoms with Crippen molar-refractivity contribution in [3.8, 4) is 5.75 Å². The van der Waals surface area contributed by atoms with Crippen LogP contribution >= 0.6 is 35.0 Å². The molecular weight excluding hydrogens is 379 g/mol. The van der Waals surface area contributed by atoms with E-state index in [-0.39, 0.29) is 21.7 Å². The van der Waals surface area contributed by atoms with Gasteiger partial charge in [-0.3, -0.25) is 4.79 Å². The SMILES string of the molecule is CCc1ccc(N=C2NC(=O)/C(=C/c3cc(Cl)c(O)c(Cl)c3)S2)cc1. The van der Waals surface area contributed by atoms with E-state index in [1.54, 1.807) is 18.2 Å². The standard InChI is InChI=1S/C18H14Cl2N2O2S/c1-2-10-3-5-12(6-4-10)21-18-22-17(24)15(25-18)9-11-7-13(19)16(23)14(20)8-11/h3-9,23H,2H2,1H3,(H,21,22,24)/b15-9-. The van der Waals surface area contributed by atoms with Gasteiger partial charge in [-0.2, -0.15) is 0 Å². The zero-order valence-corrected chi connectivity index (χ0v) is 15.5. The summed E-state index contributed by atoms with van der Waals surface area (Å²) in [6, 6.07) is 10.9. The molecule has 25 heavy (non-hydrogen) atoms. The third kappa shape index (κ3) is 4.18. The molecule has 0 bridgehead atoms. The zero-order valence-electron chi connectivity index (χ0n) is 13.2. The fraction of sp³-hybridized carbons (Fsp3) is 0.111. The number of hydrogen-bond donors (Lipinski definition) is 2. The molecular formula is C18H14Cl2N2O2S. The van der Waals surface area contributed by atoms with Crippen molar-refractivity contribution in [1.29, 1.82) is 0 Å². The molecule has 0 atom stereocenters. The lowest BCUT2D eigenvalue weighted by molar-refractivity contribution is -0.115. The molecule has 0 aromatic heterocycles. The second-order valence-corrected chi connectivity index (χ2v) is 7.18. The molecule has 0 unspecified atom stereocenters. The van der Waals surface area contributed by atoms with E-state index in [4.69, 9.17) is 23.2 Å². The van der Waals surface area contributed by atoms with Crippen molar-refractivity contribution in [1.82, 2.24) is 5.32 Å². The fourth-order valence-electron chi connectivity index (χ4n) is 2.22. The lowest BCUT2D eigenvalue weighted by atomic mass is 10.2. The first-order valence-corrected chi connectivity index (χ1v) is 9.10. The smallest absolute Gasteiger partial charge is 0.264 e. The minimum Gasteiger partial charge on any atom is -0.505 e. The monoisotopic (exact) mass is 392 g/mol. The zero-order chi connectivity index (χ0) is 18.0. The van der Waals surface area contributed by atoms with Crippen molar-refractivity contribution >= 4 is 57.8 Å². The Bertz CT molecular complexity index is 869. The highest BCUT2D eigenvalue weighted by molar-refractivity contribution is 8.18. The minimum absolute atomic E-state index is 0.132. The molecule has 1 aliphatic rings. The summed E-state index contributed by atoms with van der Waals surface area (Å²) in [6.07, 6.45) is 2.62. The maximum Gasteiger partial charge on any atom is 0.264 e. The maximum absolute atomic E-state index is 12.1. The number of benzene rings is 2. The highest BCUT2D eigenvalue weighted by atomic mass is 35.5. The van der Waals surface area contributed by atoms with Gasteiger partial charge in [0.1, 0.15) is 0 Å². The number of amidine groups is 1. The molecule has 0 radical (unpaired) electrons. The number of carbonyl (C=O) groups is 1. The Morgan fingerprint density at radius 3 is 2.44 bits per heavy atom. The molecule has 0 saturated carbocycles. The highest BCUT2D eigenvalue weighted by Gasteiger charge is 2.24. The topological polar surface area (TPSA) is 61.7 Å². The molecule has 0 spiro atoms. The summed E-state index contributed by atoms with van der Waals surface area (Å²) < 4.78 is 0. The first kappa shape index (κ1) is 17.9. The number of nitrogens with one attached hydrogen (secondary N) is 1. The summed E-state index contributed by atoms with van der Waals surface area (Å²) in [7, 11) is 0. The first-order valence-electron chi connectivity index (χ1n) is 7.53. The summed E-state index contributed by atoms with van der Waals surface area (Å²) in [5.41, 5.74) is 2.63. The molecule has 1 aliphatic heterocycles. The third-order valence-electron chi connectivity index (χ3n) is 3.56. The van der Waals surface area contributed by atoms with Gasteiger partial charge >= 0.3 is 0 Å². The Morgan fingerprint density at radius 2 is 1.84 bits per heavy atom. The second kappa shape index (κ2) is 7.52. The van der Waals surface area contributed by atoms with Gasteiger partial charge in [-0.05, 0) is 59.7 Å². The quantitative estimate of drug-likeness (QED) is 0.709. The van der Waals surface area contributed by atoms with Crippen molar-refractivity contribution in [3.05, 3.63) is 62.5 Å². The molecule has 0 aliphatic carbocycles. The van der Waals surface area contributed by atoms with Crippen LogP contribution < -0.4 is 5.32 Å². The van der Waals surface area contributed by atoms with Crippen LogP contribution in [0.1, 0.15) is 18.1 Å². The summed E-state index contributed by atoms with van der Waals surface area (Å²) in [4.78, 5) is 17.0. The van der Waals surface area contributed by atoms with Gasteiger partial charge < -0.3 is 10.4 Å². The number of phenolic OH excluding ortho intramolecular Hbond substituents is 1. The molecule has 2 aromatic rings. The van der Waals surface area contributed by atoms with Gasteiger partial charge in [-0.15, -0.1) is 0 Å². The molecule has 1 heterocycles. The number of hydrogen-bond acceptors (Lipinski definition) is 4. The van der Waals surface area contributed by atoms with Crippen LogP contribution in [-0.2, 0) is 11.2 Å². The minimum atomic E-state index is -0.241. The average Bonchev–Trinajstić information content (AvgIpc) is 2.92. The number of thioether (sulfide) groups is 1. The average molecular weight is 393 g/mol. The van der Waals surface area contributed by atoms with Gasteiger partial charge in [0, 0.05) is 0 Å². The summed E-state index contributed by atoms with van der Waals surface area (Å²) in [5.74, 6) is -0.416. The molecule has 1 amide bonds. The normalized spacial score (nSPS) is 17.3. The second-order valence-electron chi connectivity index (χ2n) is 5.33. The highest BCUT2D eigenvalue weighted by Crippen LogP contribution is 2.35. The number of aryl methyl sites for hydroxylation is 1. The molecule has 4 nitrogen and oxygen atoms in total. The van der Waals surface area contributed by atoms with Crippen LogP contribution in [0.2, 0.25) is 10.0 Å². The van der Waals surface area contributed by atoms with E-state index < -0.39 is 0 Å². The van der Waals surface area contributed by atoms with E-state index in [2.05, 4.69) is 17.2 Å². The number of halogens is 2. The van der Waals surface area contributed by atoms with Gasteiger partial charge in [-0.25, -0.2) is 4.99 Å². The number of rotatable bonds is 3. The predicted octanol–water partition coefficient (Wildman–Crippen LogP) is 5.15. The van der Waals surface area contributed by atoms with E-state index in [0.717, 1.165) is 12.1 Å². The number of aromatic hydroxyl groups is 1. The van der Waals surface area contributed by atoms with E-state index in [1.807, 2.05) is 24.3 Å². The van der Waals surface area contributed by atoms with Crippen LogP contribution in [0.15, 0.2) is 46.3 Å². The van der Waals surface area contributed by atoms with Crippen molar-refractivity contribution in [2.45, 2.75) is 13.3 Å². The van der Waals surface area contributed by atoms with Gasteiger partial charge in [0.2, 0.25) is 0 Å². The molecule has 2 aromatic carbocycles. The molecule has 1 saturated heterocycles. The Balaban J connectivity index is 1.83. The summed E-state index contributed by atoms with van der Waals surface area (Å²) in [6.45, 7) is 2.09. The lowest BCUT2D eigenvalue weighted by Crippen LogP contribution is -2.19. The van der Waals surface area contributed by atoms with Crippen molar-refractivity contribution in [2.75, 3.05) is 0 Å². The number of aliphatic imine (C=N–C) groups is 1. The number of amides is 1. The van der Waals surface area contributed by atoms with Crippen molar-refractivity contribution < 1.29 is 9.90 Å². The van der Waals surface area contributed by atoms with Gasteiger partial charge in [0.25, 0.3) is 5.91 Å². The van der Waals surface area contributed by atoms with E-state index in [1.165, 1.54) is 17.3 Å². The fourth-order valence-corrected chi connectivity index (χ4v) is 3.57.